The molecule has 0 bridgehead atoms. The molecule has 2 rings (SSSR count). The van der Waals surface area contributed by atoms with E-state index in [9.17, 15) is 20.1 Å². The molecule has 10 nitrogen and oxygen atoms in total. The third kappa shape index (κ3) is 7.01. The summed E-state index contributed by atoms with van der Waals surface area (Å²) in [6, 6.07) is 0. The van der Waals surface area contributed by atoms with Crippen molar-refractivity contribution in [1.29, 1.82) is 0 Å². The number of carboxylic acid groups (broad SMARTS) is 1. The van der Waals surface area contributed by atoms with Crippen LogP contribution >= 0.6 is 12.3 Å². The monoisotopic (exact) mass is 440 g/mol. The topological polar surface area (TPSA) is 144 Å². The molecule has 0 radical (unpaired) electrons. The fraction of sp³-hybridized carbons (Fsp3) is 0.944. The highest BCUT2D eigenvalue weighted by atomic mass is 32.2. The molecule has 0 amide bonds. The molecule has 4 unspecified atom stereocenters. The summed E-state index contributed by atoms with van der Waals surface area (Å²) >= 11 is 0.228. The van der Waals surface area contributed by atoms with Gasteiger partial charge in [-0.25, -0.2) is 4.79 Å². The van der Waals surface area contributed by atoms with Crippen LogP contribution in [0, 0.1) is 11.8 Å². The molecule has 2 saturated heterocycles. The van der Waals surface area contributed by atoms with Gasteiger partial charge < -0.3 is 38.8 Å². The molecule has 11 heteroatoms. The number of rotatable bonds is 11. The molecule has 2 heterocycles. The maximum absolute atomic E-state index is 11.4. The van der Waals surface area contributed by atoms with Crippen LogP contribution in [0.15, 0.2) is 0 Å². The summed E-state index contributed by atoms with van der Waals surface area (Å²) < 4.78 is 36.1. The molecule has 2 fully saturated rings. The van der Waals surface area contributed by atoms with Crippen LogP contribution in [0.2, 0.25) is 0 Å². The van der Waals surface area contributed by atoms with Crippen LogP contribution in [-0.2, 0) is 27.9 Å². The number of methoxy groups -OCH3 is 1. The summed E-state index contributed by atoms with van der Waals surface area (Å²) in [5.74, 6) is -1.95. The van der Waals surface area contributed by atoms with Crippen molar-refractivity contribution in [3.63, 3.8) is 0 Å². The average Bonchev–Trinajstić information content (AvgIpc) is 2.67. The van der Waals surface area contributed by atoms with Crippen LogP contribution in [0.4, 0.5) is 0 Å². The van der Waals surface area contributed by atoms with Gasteiger partial charge in [0.15, 0.2) is 18.4 Å². The van der Waals surface area contributed by atoms with Crippen molar-refractivity contribution < 1.29 is 47.8 Å². The van der Waals surface area contributed by atoms with E-state index in [0.717, 1.165) is 0 Å². The molecule has 0 aliphatic carbocycles. The molecular weight excluding hydrogens is 408 g/mol. The van der Waals surface area contributed by atoms with E-state index in [-0.39, 0.29) is 44.7 Å². The molecule has 0 aromatic rings. The standard InChI is InChI=1S/C18H32O10S/c1-3-12-14(19)5-11(28-17(12)18(21)22)7-25-8-13-15(20)4-10(6-24-2)27-16(13)9-26-29-23/h10-17,19-20,23H,3-9H2,1-2H3,(H,21,22)/t10-,11-,12-,13-,14?,15?,16?,17?/m0/s1. The summed E-state index contributed by atoms with van der Waals surface area (Å²) in [5.41, 5.74) is 0. The van der Waals surface area contributed by atoms with Crippen molar-refractivity contribution in [2.24, 2.45) is 11.8 Å². The highest BCUT2D eigenvalue weighted by molar-refractivity contribution is 7.88. The quantitative estimate of drug-likeness (QED) is 0.334. The molecule has 0 aromatic heterocycles. The minimum absolute atomic E-state index is 0.0599. The number of hydrogen-bond acceptors (Lipinski definition) is 10. The Morgan fingerprint density at radius 3 is 2.28 bits per heavy atom. The van der Waals surface area contributed by atoms with E-state index < -0.39 is 48.3 Å². The van der Waals surface area contributed by atoms with Crippen molar-refractivity contribution in [2.75, 3.05) is 33.5 Å². The summed E-state index contributed by atoms with van der Waals surface area (Å²) in [6.45, 7) is 2.43. The fourth-order valence-corrected chi connectivity index (χ4v) is 4.24. The van der Waals surface area contributed by atoms with Gasteiger partial charge >= 0.3 is 5.97 Å². The van der Waals surface area contributed by atoms with Crippen molar-refractivity contribution in [3.05, 3.63) is 0 Å². The van der Waals surface area contributed by atoms with E-state index in [1.165, 1.54) is 0 Å². The SMILES string of the molecule is CC[C@H]1C(O)C[C@@H](COC[C@H]2C(O)C[C@@H](COC)OC2COSO)OC1C(=O)O. The number of carboxylic acids is 1. The zero-order chi connectivity index (χ0) is 21.4. The molecular formula is C18H32O10S. The van der Waals surface area contributed by atoms with Crippen molar-refractivity contribution in [2.45, 2.75) is 62.8 Å². The normalized spacial score (nSPS) is 38.1. The molecule has 0 aromatic carbocycles. The number of aliphatic hydroxyl groups excluding tert-OH is 2. The summed E-state index contributed by atoms with van der Waals surface area (Å²) in [4.78, 5) is 11.4. The van der Waals surface area contributed by atoms with E-state index in [4.69, 9.17) is 27.7 Å². The van der Waals surface area contributed by atoms with E-state index in [1.807, 2.05) is 6.92 Å². The van der Waals surface area contributed by atoms with Gasteiger partial charge in [0, 0.05) is 31.8 Å². The highest BCUT2D eigenvalue weighted by Crippen LogP contribution is 2.30. The first kappa shape index (κ1) is 24.8. The van der Waals surface area contributed by atoms with Gasteiger partial charge in [0.1, 0.15) is 0 Å². The number of hydrogen-bond donors (Lipinski definition) is 4. The average molecular weight is 441 g/mol. The maximum Gasteiger partial charge on any atom is 0.333 e. The van der Waals surface area contributed by atoms with Gasteiger partial charge in [0.2, 0.25) is 0 Å². The van der Waals surface area contributed by atoms with Crippen LogP contribution in [0.1, 0.15) is 26.2 Å². The van der Waals surface area contributed by atoms with Gasteiger partial charge in [-0.15, -0.1) is 0 Å². The first-order valence-corrected chi connectivity index (χ1v) is 10.5. The Morgan fingerprint density at radius 2 is 1.69 bits per heavy atom. The Balaban J connectivity index is 1.89. The van der Waals surface area contributed by atoms with Crippen LogP contribution in [0.25, 0.3) is 0 Å². The second-order valence-corrected chi connectivity index (χ2v) is 7.89. The maximum atomic E-state index is 11.4. The van der Waals surface area contributed by atoms with Gasteiger partial charge in [0.05, 0.1) is 56.9 Å². The van der Waals surface area contributed by atoms with Crippen LogP contribution < -0.4 is 0 Å². The molecule has 29 heavy (non-hydrogen) atoms. The Bertz CT molecular complexity index is 495. The first-order valence-electron chi connectivity index (χ1n) is 9.80. The van der Waals surface area contributed by atoms with E-state index in [0.29, 0.717) is 19.4 Å². The third-order valence-corrected chi connectivity index (χ3v) is 5.78. The molecule has 8 atom stereocenters. The Hall–Kier alpha value is -0.500. The van der Waals surface area contributed by atoms with Crippen molar-refractivity contribution in [3.8, 4) is 0 Å². The predicted molar refractivity (Wildman–Crippen MR) is 102 cm³/mol. The summed E-state index contributed by atoms with van der Waals surface area (Å²) in [7, 11) is 1.55. The minimum atomic E-state index is -1.10. The van der Waals surface area contributed by atoms with E-state index in [1.54, 1.807) is 7.11 Å². The van der Waals surface area contributed by atoms with E-state index in [2.05, 4.69) is 0 Å². The zero-order valence-electron chi connectivity index (χ0n) is 16.7. The number of carbonyl (C=O) groups is 1. The smallest absolute Gasteiger partial charge is 0.333 e. The van der Waals surface area contributed by atoms with Crippen molar-refractivity contribution in [1.82, 2.24) is 0 Å². The molecule has 0 saturated carbocycles. The lowest BCUT2D eigenvalue weighted by Gasteiger charge is -2.40. The minimum Gasteiger partial charge on any atom is -0.479 e. The second kappa shape index (κ2) is 12.4. The van der Waals surface area contributed by atoms with Gasteiger partial charge in [0.25, 0.3) is 0 Å². The number of aliphatic hydroxyl groups is 2. The molecule has 2 aliphatic rings. The second-order valence-electron chi connectivity index (χ2n) is 7.51. The van der Waals surface area contributed by atoms with Crippen LogP contribution in [0.3, 0.4) is 0 Å². The van der Waals surface area contributed by atoms with Gasteiger partial charge in [-0.1, -0.05) is 6.92 Å². The van der Waals surface area contributed by atoms with E-state index >= 15 is 0 Å². The van der Waals surface area contributed by atoms with Crippen LogP contribution in [0.5, 0.6) is 0 Å². The zero-order valence-corrected chi connectivity index (χ0v) is 17.5. The van der Waals surface area contributed by atoms with Gasteiger partial charge in [-0.3, -0.25) is 4.18 Å². The predicted octanol–water partition coefficient (Wildman–Crippen LogP) is 0.551. The molecule has 2 aliphatic heterocycles. The summed E-state index contributed by atoms with van der Waals surface area (Å²) in [5, 5.41) is 30.1. The Kier molecular flexibility index (Phi) is 10.6. The van der Waals surface area contributed by atoms with Crippen molar-refractivity contribution >= 4 is 18.3 Å². The Morgan fingerprint density at radius 1 is 1.03 bits per heavy atom. The highest BCUT2D eigenvalue weighted by Gasteiger charge is 2.42. The Labute approximate surface area is 174 Å². The third-order valence-electron chi connectivity index (χ3n) is 5.54. The lowest BCUT2D eigenvalue weighted by Crippen LogP contribution is -2.50. The lowest BCUT2D eigenvalue weighted by atomic mass is 9.86. The molecule has 0 spiro atoms. The van der Waals surface area contributed by atoms with Gasteiger partial charge in [-0.2, -0.15) is 0 Å². The molecule has 4 N–H and O–H groups in total. The largest absolute Gasteiger partial charge is 0.479 e. The van der Waals surface area contributed by atoms with Crippen LogP contribution in [-0.4, -0.2) is 96.0 Å². The number of aliphatic carboxylic acids is 1. The number of ether oxygens (including phenoxy) is 4. The lowest BCUT2D eigenvalue weighted by molar-refractivity contribution is -0.194. The first-order chi connectivity index (χ1) is 13.9. The fourth-order valence-electron chi connectivity index (χ4n) is 4.05. The van der Waals surface area contributed by atoms with Gasteiger partial charge in [-0.05, 0) is 6.42 Å². The summed E-state index contributed by atoms with van der Waals surface area (Å²) in [6.07, 6.45) is -2.74. The molecule has 170 valence electrons.